The predicted molar refractivity (Wildman–Crippen MR) is 125 cm³/mol. The lowest BCUT2D eigenvalue weighted by Crippen LogP contribution is -2.34. The largest absolute Gasteiger partial charge is 0.340 e. The number of amides is 1. The monoisotopic (exact) mass is 433 g/mol. The van der Waals surface area contributed by atoms with E-state index in [9.17, 15) is 4.79 Å². The van der Waals surface area contributed by atoms with Gasteiger partial charge in [-0.1, -0.05) is 26.0 Å². The Morgan fingerprint density at radius 3 is 2.47 bits per heavy atom. The summed E-state index contributed by atoms with van der Waals surface area (Å²) < 4.78 is 4.03. The molecule has 4 aromatic rings. The fourth-order valence-electron chi connectivity index (χ4n) is 4.28. The van der Waals surface area contributed by atoms with E-state index in [0.717, 1.165) is 33.8 Å². The summed E-state index contributed by atoms with van der Waals surface area (Å²) >= 11 is 0. The van der Waals surface area contributed by atoms with E-state index in [-0.39, 0.29) is 23.9 Å². The number of hydrogen-bond donors (Lipinski definition) is 2. The zero-order valence-electron chi connectivity index (χ0n) is 19.8. The van der Waals surface area contributed by atoms with Crippen molar-refractivity contribution in [2.75, 3.05) is 0 Å². The number of aromatic nitrogens is 6. The first-order chi connectivity index (χ1) is 15.2. The molecule has 8 nitrogen and oxygen atoms in total. The number of H-pyrrole nitrogens is 1. The van der Waals surface area contributed by atoms with Crippen LogP contribution in [-0.4, -0.2) is 35.4 Å². The lowest BCUT2D eigenvalue weighted by atomic mass is 10.0. The van der Waals surface area contributed by atoms with Crippen LogP contribution in [0.2, 0.25) is 0 Å². The second-order valence-electron chi connectivity index (χ2n) is 8.95. The summed E-state index contributed by atoms with van der Waals surface area (Å²) in [5, 5.41) is 14.9. The molecule has 1 unspecified atom stereocenters. The first kappa shape index (κ1) is 21.8. The second-order valence-corrected chi connectivity index (χ2v) is 8.95. The van der Waals surface area contributed by atoms with E-state index in [4.69, 9.17) is 4.98 Å². The van der Waals surface area contributed by atoms with Gasteiger partial charge in [-0.3, -0.25) is 14.6 Å². The number of carbonyl (C=O) groups excluding carboxylic acids is 1. The Labute approximate surface area is 188 Å². The van der Waals surface area contributed by atoms with E-state index in [1.54, 1.807) is 6.07 Å². The number of imidazole rings is 1. The molecule has 0 aliphatic rings. The highest BCUT2D eigenvalue weighted by Gasteiger charge is 2.27. The van der Waals surface area contributed by atoms with E-state index >= 15 is 0 Å². The topological polar surface area (TPSA) is 93.4 Å². The third-order valence-electron chi connectivity index (χ3n) is 5.96. The molecule has 3 heterocycles. The maximum absolute atomic E-state index is 13.2. The molecule has 0 bridgehead atoms. The highest BCUT2D eigenvalue weighted by molar-refractivity contribution is 5.93. The van der Waals surface area contributed by atoms with Crippen molar-refractivity contribution in [3.8, 4) is 11.3 Å². The van der Waals surface area contributed by atoms with Gasteiger partial charge in [-0.2, -0.15) is 10.2 Å². The minimum Gasteiger partial charge on any atom is -0.340 e. The van der Waals surface area contributed by atoms with Crippen molar-refractivity contribution >= 4 is 16.9 Å². The zero-order chi connectivity index (χ0) is 23.2. The van der Waals surface area contributed by atoms with Gasteiger partial charge in [-0.25, -0.2) is 4.98 Å². The molecule has 0 spiro atoms. The fraction of sp³-hybridized carbons (Fsp3) is 0.417. The number of rotatable bonds is 6. The average molecular weight is 434 g/mol. The third-order valence-corrected chi connectivity index (χ3v) is 5.96. The van der Waals surface area contributed by atoms with Gasteiger partial charge in [0.15, 0.2) is 0 Å². The molecule has 0 fully saturated rings. The molecule has 4 rings (SSSR count). The third kappa shape index (κ3) is 3.70. The van der Waals surface area contributed by atoms with Gasteiger partial charge in [0.25, 0.3) is 5.91 Å². The number of nitrogens with zero attached hydrogens (tertiary/aromatic N) is 5. The molecule has 2 N–H and O–H groups in total. The van der Waals surface area contributed by atoms with Crippen LogP contribution in [0.4, 0.5) is 0 Å². The van der Waals surface area contributed by atoms with Crippen LogP contribution in [0.3, 0.4) is 0 Å². The molecule has 1 amide bonds. The highest BCUT2D eigenvalue weighted by atomic mass is 16.2. The van der Waals surface area contributed by atoms with Crippen molar-refractivity contribution in [1.82, 2.24) is 34.8 Å². The number of nitrogens with one attached hydrogen (secondary N) is 2. The first-order valence-electron chi connectivity index (χ1n) is 11.0. The van der Waals surface area contributed by atoms with Crippen LogP contribution in [-0.2, 0) is 7.05 Å². The molecule has 0 radical (unpaired) electrons. The maximum atomic E-state index is 13.2. The van der Waals surface area contributed by atoms with Crippen LogP contribution in [0.15, 0.2) is 30.3 Å². The van der Waals surface area contributed by atoms with Crippen LogP contribution >= 0.6 is 0 Å². The van der Waals surface area contributed by atoms with Gasteiger partial charge >= 0.3 is 0 Å². The van der Waals surface area contributed by atoms with Crippen LogP contribution < -0.4 is 5.32 Å². The highest BCUT2D eigenvalue weighted by Crippen LogP contribution is 2.30. The Balaban J connectivity index is 1.67. The van der Waals surface area contributed by atoms with Crippen molar-refractivity contribution in [3.63, 3.8) is 0 Å². The summed E-state index contributed by atoms with van der Waals surface area (Å²) in [4.78, 5) is 18.1. The molecular weight excluding hydrogens is 402 g/mol. The SMILES string of the molecule is Cc1nn(C)c(C)c1-c1cc(C(=O)NC(c2nc3ccccc3n2C(C)C)C(C)C)[nH]n1. The normalized spacial score (nSPS) is 12.8. The van der Waals surface area contributed by atoms with Crippen molar-refractivity contribution in [2.24, 2.45) is 13.0 Å². The lowest BCUT2D eigenvalue weighted by Gasteiger charge is -2.24. The second kappa shape index (κ2) is 8.26. The summed E-state index contributed by atoms with van der Waals surface area (Å²) in [6.07, 6.45) is 0. The summed E-state index contributed by atoms with van der Waals surface area (Å²) in [5.74, 6) is 0.811. The van der Waals surface area contributed by atoms with Crippen molar-refractivity contribution in [1.29, 1.82) is 0 Å². The molecular formula is C24H31N7O. The molecule has 0 aliphatic carbocycles. The number of carbonyl (C=O) groups is 1. The molecule has 1 atom stereocenters. The van der Waals surface area contributed by atoms with Gasteiger partial charge in [-0.15, -0.1) is 0 Å². The van der Waals surface area contributed by atoms with Crippen molar-refractivity contribution in [3.05, 3.63) is 53.2 Å². The van der Waals surface area contributed by atoms with Gasteiger partial charge in [-0.05, 0) is 51.8 Å². The molecule has 3 aromatic heterocycles. The minimum atomic E-state index is -0.245. The van der Waals surface area contributed by atoms with Gasteiger partial charge < -0.3 is 9.88 Å². The van der Waals surface area contributed by atoms with E-state index < -0.39 is 0 Å². The fourth-order valence-corrected chi connectivity index (χ4v) is 4.28. The Morgan fingerprint density at radius 2 is 1.84 bits per heavy atom. The molecule has 32 heavy (non-hydrogen) atoms. The zero-order valence-corrected chi connectivity index (χ0v) is 19.8. The van der Waals surface area contributed by atoms with Crippen LogP contribution in [0.1, 0.15) is 67.5 Å². The molecule has 168 valence electrons. The smallest absolute Gasteiger partial charge is 0.269 e. The maximum Gasteiger partial charge on any atom is 0.269 e. The summed E-state index contributed by atoms with van der Waals surface area (Å²) in [6.45, 7) is 12.4. The first-order valence-corrected chi connectivity index (χ1v) is 11.0. The number of para-hydroxylation sites is 2. The standard InChI is InChI=1S/C24H31N7O/c1-13(2)22(23-25-17-10-8-9-11-20(17)31(23)14(3)4)26-24(32)19-12-18(27-28-19)21-15(5)29-30(7)16(21)6/h8-14,22H,1-7H3,(H,26,32)(H,27,28). The molecule has 0 aliphatic heterocycles. The van der Waals surface area contributed by atoms with Gasteiger partial charge in [0.05, 0.1) is 28.5 Å². The van der Waals surface area contributed by atoms with Crippen LogP contribution in [0, 0.1) is 19.8 Å². The molecule has 0 saturated heterocycles. The quantitative estimate of drug-likeness (QED) is 0.469. The van der Waals surface area contributed by atoms with Gasteiger partial charge in [0.2, 0.25) is 0 Å². The van der Waals surface area contributed by atoms with E-state index in [2.05, 4.69) is 58.9 Å². The van der Waals surface area contributed by atoms with Crippen LogP contribution in [0.5, 0.6) is 0 Å². The van der Waals surface area contributed by atoms with Gasteiger partial charge in [0, 0.05) is 24.3 Å². The van der Waals surface area contributed by atoms with E-state index in [1.165, 1.54) is 0 Å². The van der Waals surface area contributed by atoms with Gasteiger partial charge in [0.1, 0.15) is 11.5 Å². The molecule has 8 heteroatoms. The summed E-state index contributed by atoms with van der Waals surface area (Å²) in [5.41, 5.74) is 5.98. The molecule has 1 aromatic carbocycles. The average Bonchev–Trinajstić information content (AvgIpc) is 3.42. The Kier molecular flexibility index (Phi) is 5.62. The molecule has 0 saturated carbocycles. The summed E-state index contributed by atoms with van der Waals surface area (Å²) in [7, 11) is 1.90. The number of fused-ring (bicyclic) bond motifs is 1. The predicted octanol–water partition coefficient (Wildman–Crippen LogP) is 4.48. The Bertz CT molecular complexity index is 1270. The number of hydrogen-bond acceptors (Lipinski definition) is 4. The Morgan fingerprint density at radius 1 is 1.12 bits per heavy atom. The Hall–Kier alpha value is -3.42. The van der Waals surface area contributed by atoms with E-state index in [0.29, 0.717) is 11.4 Å². The summed E-state index contributed by atoms with van der Waals surface area (Å²) in [6, 6.07) is 9.85. The lowest BCUT2D eigenvalue weighted by molar-refractivity contribution is 0.0916. The minimum absolute atomic E-state index is 0.151. The van der Waals surface area contributed by atoms with Crippen molar-refractivity contribution < 1.29 is 4.79 Å². The van der Waals surface area contributed by atoms with Crippen LogP contribution in [0.25, 0.3) is 22.3 Å². The number of benzene rings is 1. The van der Waals surface area contributed by atoms with Crippen molar-refractivity contribution in [2.45, 2.75) is 53.6 Å². The number of aryl methyl sites for hydroxylation is 2. The van der Waals surface area contributed by atoms with E-state index in [1.807, 2.05) is 43.8 Å². The number of aromatic amines is 1.